The minimum atomic E-state index is -1.25. The van der Waals surface area contributed by atoms with Gasteiger partial charge in [0, 0.05) is 36.5 Å². The molecule has 0 radical (unpaired) electrons. The molecular weight excluding hydrogens is 602 g/mol. The SMILES string of the molecule is CC(=O)ON=C(N)c1ccc2c(C(=O)O)c(C(=O)NC3CCC(NC(=O)OC(C)(C)C)CC3)n(Cc3cccc4ccccc34)c2c1. The molecular formula is C35H39N5O7. The maximum absolute atomic E-state index is 14.1. The van der Waals surface area contributed by atoms with Gasteiger partial charge in [0.2, 0.25) is 0 Å². The van der Waals surface area contributed by atoms with Gasteiger partial charge in [-0.1, -0.05) is 59.8 Å². The molecule has 12 heteroatoms. The van der Waals surface area contributed by atoms with E-state index in [2.05, 4.69) is 15.8 Å². The van der Waals surface area contributed by atoms with Gasteiger partial charge in [0.05, 0.1) is 11.1 Å². The fraction of sp³-hybridized carbons (Fsp3) is 0.343. The number of hydrogen-bond donors (Lipinski definition) is 4. The van der Waals surface area contributed by atoms with Crippen LogP contribution < -0.4 is 16.4 Å². The molecule has 1 heterocycles. The molecule has 4 aromatic rings. The number of aromatic nitrogens is 1. The number of alkyl carbamates (subject to hydrolysis) is 1. The maximum atomic E-state index is 14.1. The third-order valence-corrected chi connectivity index (χ3v) is 8.05. The maximum Gasteiger partial charge on any atom is 0.407 e. The van der Waals surface area contributed by atoms with Crippen molar-refractivity contribution in [1.29, 1.82) is 0 Å². The zero-order valence-electron chi connectivity index (χ0n) is 26.8. The van der Waals surface area contributed by atoms with Crippen LogP contribution in [-0.4, -0.2) is 57.1 Å². The molecule has 1 aromatic heterocycles. The fourth-order valence-electron chi connectivity index (χ4n) is 6.00. The van der Waals surface area contributed by atoms with Gasteiger partial charge in [-0.2, -0.15) is 0 Å². The first-order chi connectivity index (χ1) is 22.3. The first kappa shape index (κ1) is 33.0. The van der Waals surface area contributed by atoms with Crippen molar-refractivity contribution in [2.45, 2.75) is 77.6 Å². The molecule has 0 atom stereocenters. The third kappa shape index (κ3) is 7.71. The number of hydrogen-bond acceptors (Lipinski definition) is 7. The van der Waals surface area contributed by atoms with E-state index in [4.69, 9.17) is 15.3 Å². The standard InChI is InChI=1S/C35H39N5O7/c1-20(41)47-39-31(36)22-12-17-27-28(18-22)40(19-23-10-7-9-21-8-5-6-11-26(21)23)30(29(27)33(43)44)32(42)37-24-13-15-25(16-14-24)38-34(45)46-35(2,3)4/h5-12,17-18,24-25H,13-16,19H2,1-4H3,(H2,36,39)(H,37,42)(H,38,45)(H,43,44). The predicted octanol–water partition coefficient (Wildman–Crippen LogP) is 5.29. The van der Waals surface area contributed by atoms with Crippen LogP contribution in [-0.2, 0) is 20.9 Å². The lowest BCUT2D eigenvalue weighted by Crippen LogP contribution is -2.45. The van der Waals surface area contributed by atoms with Crippen LogP contribution in [0.3, 0.4) is 0 Å². The summed E-state index contributed by atoms with van der Waals surface area (Å²) in [5.41, 5.74) is 7.07. The molecule has 0 aliphatic heterocycles. The van der Waals surface area contributed by atoms with Gasteiger partial charge in [-0.05, 0) is 68.9 Å². The number of carboxylic acids is 1. The van der Waals surface area contributed by atoms with Crippen LogP contribution in [0.4, 0.5) is 4.79 Å². The number of carboxylic acid groups (broad SMARTS) is 1. The Morgan fingerprint density at radius 2 is 1.60 bits per heavy atom. The Labute approximate surface area is 271 Å². The largest absolute Gasteiger partial charge is 0.478 e. The summed E-state index contributed by atoms with van der Waals surface area (Å²) in [7, 11) is 0. The van der Waals surface area contributed by atoms with Crippen LogP contribution in [0.1, 0.15) is 85.4 Å². The molecule has 5 rings (SSSR count). The summed E-state index contributed by atoms with van der Waals surface area (Å²) < 4.78 is 7.06. The lowest BCUT2D eigenvalue weighted by Gasteiger charge is -2.30. The topological polar surface area (TPSA) is 174 Å². The minimum absolute atomic E-state index is 0.00193. The second-order valence-electron chi connectivity index (χ2n) is 12.7. The van der Waals surface area contributed by atoms with Crippen LogP contribution in [0.15, 0.2) is 65.8 Å². The number of fused-ring (bicyclic) bond motifs is 2. The van der Waals surface area contributed by atoms with E-state index >= 15 is 0 Å². The zero-order valence-corrected chi connectivity index (χ0v) is 26.8. The Hall–Kier alpha value is -5.39. The van der Waals surface area contributed by atoms with E-state index in [0.717, 1.165) is 16.3 Å². The Morgan fingerprint density at radius 3 is 2.26 bits per heavy atom. The number of ether oxygens (including phenoxy) is 1. The smallest absolute Gasteiger partial charge is 0.407 e. The normalized spacial score (nSPS) is 16.9. The van der Waals surface area contributed by atoms with Gasteiger partial charge in [-0.15, -0.1) is 0 Å². The van der Waals surface area contributed by atoms with Gasteiger partial charge < -0.3 is 35.6 Å². The average Bonchev–Trinajstić information content (AvgIpc) is 3.33. The van der Waals surface area contributed by atoms with Crippen molar-refractivity contribution in [3.8, 4) is 0 Å². The lowest BCUT2D eigenvalue weighted by molar-refractivity contribution is -0.140. The highest BCUT2D eigenvalue weighted by atomic mass is 16.7. The monoisotopic (exact) mass is 641 g/mol. The van der Waals surface area contributed by atoms with E-state index in [1.165, 1.54) is 6.92 Å². The molecule has 0 saturated heterocycles. The Balaban J connectivity index is 1.51. The minimum Gasteiger partial charge on any atom is -0.478 e. The number of rotatable bonds is 8. The van der Waals surface area contributed by atoms with Crippen LogP contribution in [0.5, 0.6) is 0 Å². The van der Waals surface area contributed by atoms with Crippen molar-refractivity contribution in [2.24, 2.45) is 10.9 Å². The van der Waals surface area contributed by atoms with Crippen molar-refractivity contribution >= 4 is 51.5 Å². The molecule has 3 aromatic carbocycles. The van der Waals surface area contributed by atoms with Gasteiger partial charge in [0.1, 0.15) is 11.3 Å². The average molecular weight is 642 g/mol. The van der Waals surface area contributed by atoms with Crippen LogP contribution in [0.2, 0.25) is 0 Å². The molecule has 1 fully saturated rings. The molecule has 12 nitrogen and oxygen atoms in total. The number of benzene rings is 3. The van der Waals surface area contributed by atoms with Gasteiger partial charge in [0.15, 0.2) is 5.84 Å². The number of carbonyl (C=O) groups is 4. The quantitative estimate of drug-likeness (QED) is 0.0869. The number of aromatic carboxylic acids is 1. The molecule has 0 spiro atoms. The number of amidine groups is 1. The number of nitrogens with two attached hydrogens (primary N) is 1. The van der Waals surface area contributed by atoms with Crippen LogP contribution in [0, 0.1) is 0 Å². The highest BCUT2D eigenvalue weighted by molar-refractivity contribution is 6.15. The summed E-state index contributed by atoms with van der Waals surface area (Å²) >= 11 is 0. The number of amides is 2. The van der Waals surface area contributed by atoms with E-state index in [1.807, 2.05) is 42.5 Å². The van der Waals surface area contributed by atoms with E-state index in [1.54, 1.807) is 43.5 Å². The number of carbonyl (C=O) groups excluding carboxylic acids is 3. The summed E-state index contributed by atoms with van der Waals surface area (Å²) in [6.45, 7) is 6.79. The Morgan fingerprint density at radius 1 is 0.936 bits per heavy atom. The van der Waals surface area contributed by atoms with E-state index in [9.17, 15) is 24.3 Å². The van der Waals surface area contributed by atoms with Crippen molar-refractivity contribution in [1.82, 2.24) is 15.2 Å². The molecule has 1 aliphatic carbocycles. The molecule has 0 unspecified atom stereocenters. The Bertz CT molecular complexity index is 1880. The van der Waals surface area contributed by atoms with Crippen molar-refractivity contribution in [3.63, 3.8) is 0 Å². The number of oxime groups is 1. The van der Waals surface area contributed by atoms with Gasteiger partial charge in [-0.25, -0.2) is 14.4 Å². The highest BCUT2D eigenvalue weighted by Gasteiger charge is 2.31. The summed E-state index contributed by atoms with van der Waals surface area (Å²) in [5, 5.41) is 22.4. The molecule has 47 heavy (non-hydrogen) atoms. The molecule has 2 amide bonds. The summed E-state index contributed by atoms with van der Waals surface area (Å²) in [4.78, 5) is 55.2. The second-order valence-corrected chi connectivity index (χ2v) is 12.7. The molecule has 0 bridgehead atoms. The number of nitrogens with zero attached hydrogens (tertiary/aromatic N) is 2. The number of nitrogens with one attached hydrogen (secondary N) is 2. The van der Waals surface area contributed by atoms with Gasteiger partial charge in [0.25, 0.3) is 5.91 Å². The van der Waals surface area contributed by atoms with Crippen molar-refractivity contribution < 1.29 is 33.9 Å². The summed E-state index contributed by atoms with van der Waals surface area (Å²) in [6, 6.07) is 18.1. The summed E-state index contributed by atoms with van der Waals surface area (Å²) in [5.74, 6) is -2.50. The summed E-state index contributed by atoms with van der Waals surface area (Å²) in [6.07, 6.45) is 1.95. The molecule has 1 saturated carbocycles. The second kappa shape index (κ2) is 13.5. The zero-order chi connectivity index (χ0) is 33.9. The van der Waals surface area contributed by atoms with Crippen molar-refractivity contribution in [3.05, 3.63) is 83.0 Å². The van der Waals surface area contributed by atoms with E-state index < -0.39 is 29.5 Å². The first-order valence-electron chi connectivity index (χ1n) is 15.5. The van der Waals surface area contributed by atoms with Crippen LogP contribution in [0.25, 0.3) is 21.7 Å². The Kier molecular flexibility index (Phi) is 9.50. The van der Waals surface area contributed by atoms with Gasteiger partial charge >= 0.3 is 18.0 Å². The van der Waals surface area contributed by atoms with Gasteiger partial charge in [-0.3, -0.25) is 4.79 Å². The molecule has 5 N–H and O–H groups in total. The van der Waals surface area contributed by atoms with Crippen LogP contribution >= 0.6 is 0 Å². The highest BCUT2D eigenvalue weighted by Crippen LogP contribution is 2.31. The molecule has 246 valence electrons. The predicted molar refractivity (Wildman–Crippen MR) is 177 cm³/mol. The van der Waals surface area contributed by atoms with E-state index in [0.29, 0.717) is 42.1 Å². The third-order valence-electron chi connectivity index (χ3n) is 8.05. The first-order valence-corrected chi connectivity index (χ1v) is 15.5. The fourth-order valence-corrected chi connectivity index (χ4v) is 6.00. The lowest BCUT2D eigenvalue weighted by atomic mass is 9.91. The molecule has 1 aliphatic rings. The van der Waals surface area contributed by atoms with E-state index in [-0.39, 0.29) is 35.7 Å². The van der Waals surface area contributed by atoms with Crippen molar-refractivity contribution in [2.75, 3.05) is 0 Å².